The summed E-state index contributed by atoms with van der Waals surface area (Å²) in [5, 5.41) is 3.69. The molecule has 2 saturated heterocycles. The van der Waals surface area contributed by atoms with E-state index in [0.717, 1.165) is 44.8 Å². The third-order valence-corrected chi connectivity index (χ3v) is 5.00. The van der Waals surface area contributed by atoms with Crippen molar-refractivity contribution in [1.29, 1.82) is 0 Å². The SMILES string of the molecule is CCN1C[C@H](NC2CCN(c3ccc(OC)cc3)CC2)CC1=O. The van der Waals surface area contributed by atoms with Crippen molar-refractivity contribution in [2.75, 3.05) is 38.2 Å². The minimum absolute atomic E-state index is 0.292. The maximum Gasteiger partial charge on any atom is 0.224 e. The summed E-state index contributed by atoms with van der Waals surface area (Å²) in [5.41, 5.74) is 1.26. The van der Waals surface area contributed by atoms with E-state index in [4.69, 9.17) is 4.74 Å². The Morgan fingerprint density at radius 2 is 1.87 bits per heavy atom. The van der Waals surface area contributed by atoms with Crippen molar-refractivity contribution in [2.24, 2.45) is 0 Å². The maximum atomic E-state index is 11.8. The Morgan fingerprint density at radius 1 is 1.17 bits per heavy atom. The number of nitrogens with zero attached hydrogens (tertiary/aromatic N) is 2. The van der Waals surface area contributed by atoms with Crippen LogP contribution in [0.5, 0.6) is 5.75 Å². The van der Waals surface area contributed by atoms with E-state index in [1.54, 1.807) is 7.11 Å². The minimum atomic E-state index is 0.292. The van der Waals surface area contributed by atoms with Crippen LogP contribution < -0.4 is 15.0 Å². The monoisotopic (exact) mass is 317 g/mol. The number of likely N-dealkylation sites (N-methyl/N-ethyl adjacent to an activating group) is 1. The van der Waals surface area contributed by atoms with Gasteiger partial charge in [-0.2, -0.15) is 0 Å². The fourth-order valence-corrected chi connectivity index (χ4v) is 3.62. The average Bonchev–Trinajstić information content (AvgIpc) is 2.95. The number of amides is 1. The van der Waals surface area contributed by atoms with Crippen molar-refractivity contribution in [1.82, 2.24) is 10.2 Å². The lowest BCUT2D eigenvalue weighted by Crippen LogP contribution is -2.47. The summed E-state index contributed by atoms with van der Waals surface area (Å²) < 4.78 is 5.21. The van der Waals surface area contributed by atoms with Crippen LogP contribution in [0.15, 0.2) is 24.3 Å². The summed E-state index contributed by atoms with van der Waals surface area (Å²) in [4.78, 5) is 16.2. The van der Waals surface area contributed by atoms with Gasteiger partial charge < -0.3 is 19.9 Å². The van der Waals surface area contributed by atoms with Gasteiger partial charge in [-0.15, -0.1) is 0 Å². The Kier molecular flexibility index (Phi) is 5.06. The van der Waals surface area contributed by atoms with Gasteiger partial charge in [0.1, 0.15) is 5.75 Å². The van der Waals surface area contributed by atoms with Crippen LogP contribution in [0.3, 0.4) is 0 Å². The lowest BCUT2D eigenvalue weighted by molar-refractivity contribution is -0.127. The molecule has 2 fully saturated rings. The lowest BCUT2D eigenvalue weighted by atomic mass is 10.0. The summed E-state index contributed by atoms with van der Waals surface area (Å²) in [6, 6.07) is 9.15. The van der Waals surface area contributed by atoms with Gasteiger partial charge in [0.05, 0.1) is 7.11 Å². The van der Waals surface area contributed by atoms with E-state index in [1.165, 1.54) is 5.69 Å². The summed E-state index contributed by atoms with van der Waals surface area (Å²) in [7, 11) is 1.69. The normalized spacial score (nSPS) is 22.7. The van der Waals surface area contributed by atoms with Crippen molar-refractivity contribution < 1.29 is 9.53 Å². The molecule has 0 aromatic heterocycles. The second-order valence-corrected chi connectivity index (χ2v) is 6.46. The molecule has 1 amide bonds. The van der Waals surface area contributed by atoms with Crippen LogP contribution in [0, 0.1) is 0 Å². The van der Waals surface area contributed by atoms with Gasteiger partial charge >= 0.3 is 0 Å². The Bertz CT molecular complexity index is 524. The number of carbonyl (C=O) groups is 1. The molecule has 0 unspecified atom stereocenters. The fraction of sp³-hybridized carbons (Fsp3) is 0.611. The molecule has 0 aliphatic carbocycles. The maximum absolute atomic E-state index is 11.8. The van der Waals surface area contributed by atoms with Crippen LogP contribution in [-0.4, -0.2) is 56.2 Å². The molecule has 1 N–H and O–H groups in total. The van der Waals surface area contributed by atoms with Crippen LogP contribution in [-0.2, 0) is 4.79 Å². The number of benzene rings is 1. The second-order valence-electron chi connectivity index (χ2n) is 6.46. The fourth-order valence-electron chi connectivity index (χ4n) is 3.62. The molecule has 0 spiro atoms. The van der Waals surface area contributed by atoms with Crippen LogP contribution in [0.4, 0.5) is 5.69 Å². The lowest BCUT2D eigenvalue weighted by Gasteiger charge is -2.35. The molecule has 1 atom stereocenters. The minimum Gasteiger partial charge on any atom is -0.497 e. The quantitative estimate of drug-likeness (QED) is 0.900. The van der Waals surface area contributed by atoms with Gasteiger partial charge in [-0.1, -0.05) is 0 Å². The van der Waals surface area contributed by atoms with Crippen molar-refractivity contribution in [3.63, 3.8) is 0 Å². The molecule has 126 valence electrons. The molecule has 0 radical (unpaired) electrons. The summed E-state index contributed by atoms with van der Waals surface area (Å²) >= 11 is 0. The van der Waals surface area contributed by atoms with Gasteiger partial charge in [0.2, 0.25) is 5.91 Å². The predicted octanol–water partition coefficient (Wildman–Crippen LogP) is 1.87. The van der Waals surface area contributed by atoms with E-state index in [0.29, 0.717) is 24.4 Å². The van der Waals surface area contributed by atoms with E-state index in [9.17, 15) is 4.79 Å². The number of rotatable bonds is 5. The van der Waals surface area contributed by atoms with E-state index < -0.39 is 0 Å². The number of likely N-dealkylation sites (tertiary alicyclic amines) is 1. The number of nitrogens with one attached hydrogen (secondary N) is 1. The predicted molar refractivity (Wildman–Crippen MR) is 92.0 cm³/mol. The number of carbonyl (C=O) groups excluding carboxylic acids is 1. The van der Waals surface area contributed by atoms with Gasteiger partial charge in [-0.3, -0.25) is 4.79 Å². The Morgan fingerprint density at radius 3 is 2.43 bits per heavy atom. The second kappa shape index (κ2) is 7.21. The molecule has 2 aliphatic heterocycles. The van der Waals surface area contributed by atoms with Gasteiger partial charge in [-0.05, 0) is 44.0 Å². The molecule has 2 heterocycles. The first-order valence-electron chi connectivity index (χ1n) is 8.62. The molecule has 1 aromatic rings. The van der Waals surface area contributed by atoms with E-state index in [-0.39, 0.29) is 0 Å². The zero-order valence-electron chi connectivity index (χ0n) is 14.1. The number of methoxy groups -OCH3 is 1. The zero-order chi connectivity index (χ0) is 16.2. The molecule has 23 heavy (non-hydrogen) atoms. The summed E-state index contributed by atoms with van der Waals surface area (Å²) in [5.74, 6) is 1.19. The molecule has 1 aromatic carbocycles. The zero-order valence-corrected chi connectivity index (χ0v) is 14.1. The van der Waals surface area contributed by atoms with Gasteiger partial charge in [0.15, 0.2) is 0 Å². The standard InChI is InChI=1S/C18H27N3O2/c1-3-20-13-15(12-18(20)22)19-14-8-10-21(11-9-14)16-4-6-17(23-2)7-5-16/h4-7,14-15,19H,3,8-13H2,1-2H3/t15-/m1/s1. The highest BCUT2D eigenvalue weighted by Crippen LogP contribution is 2.23. The van der Waals surface area contributed by atoms with E-state index in [2.05, 4.69) is 22.3 Å². The first-order chi connectivity index (χ1) is 11.2. The largest absolute Gasteiger partial charge is 0.497 e. The molecule has 0 bridgehead atoms. The first-order valence-corrected chi connectivity index (χ1v) is 8.62. The van der Waals surface area contributed by atoms with Crippen LogP contribution >= 0.6 is 0 Å². The van der Waals surface area contributed by atoms with Crippen molar-refractivity contribution in [3.05, 3.63) is 24.3 Å². The first kappa shape index (κ1) is 16.1. The number of piperidine rings is 1. The van der Waals surface area contributed by atoms with E-state index in [1.807, 2.05) is 24.0 Å². The highest BCUT2D eigenvalue weighted by molar-refractivity contribution is 5.79. The Labute approximate surface area is 138 Å². The third-order valence-electron chi connectivity index (χ3n) is 5.00. The summed E-state index contributed by atoms with van der Waals surface area (Å²) in [6.45, 7) is 5.86. The highest BCUT2D eigenvalue weighted by atomic mass is 16.5. The van der Waals surface area contributed by atoms with E-state index >= 15 is 0 Å². The van der Waals surface area contributed by atoms with Crippen molar-refractivity contribution >= 4 is 11.6 Å². The molecule has 5 nitrogen and oxygen atoms in total. The highest BCUT2D eigenvalue weighted by Gasteiger charge is 2.30. The van der Waals surface area contributed by atoms with Crippen LogP contribution in [0.2, 0.25) is 0 Å². The van der Waals surface area contributed by atoms with Crippen molar-refractivity contribution in [2.45, 2.75) is 38.3 Å². The topological polar surface area (TPSA) is 44.8 Å². The number of anilines is 1. The van der Waals surface area contributed by atoms with Crippen molar-refractivity contribution in [3.8, 4) is 5.75 Å². The molecular formula is C18H27N3O2. The molecule has 3 rings (SSSR count). The van der Waals surface area contributed by atoms with Crippen LogP contribution in [0.25, 0.3) is 0 Å². The smallest absolute Gasteiger partial charge is 0.224 e. The third kappa shape index (κ3) is 3.78. The van der Waals surface area contributed by atoms with Crippen LogP contribution in [0.1, 0.15) is 26.2 Å². The number of ether oxygens (including phenoxy) is 1. The molecular weight excluding hydrogens is 290 g/mol. The Hall–Kier alpha value is -1.75. The van der Waals surface area contributed by atoms with Gasteiger partial charge in [0.25, 0.3) is 0 Å². The number of hydrogen-bond donors (Lipinski definition) is 1. The summed E-state index contributed by atoms with van der Waals surface area (Å²) in [6.07, 6.45) is 2.91. The van der Waals surface area contributed by atoms with Gasteiger partial charge in [-0.25, -0.2) is 0 Å². The average molecular weight is 317 g/mol. The van der Waals surface area contributed by atoms with Gasteiger partial charge in [0, 0.05) is 50.4 Å². The number of hydrogen-bond acceptors (Lipinski definition) is 4. The molecule has 2 aliphatic rings. The molecule has 5 heteroatoms. The molecule has 0 saturated carbocycles. The Balaban J connectivity index is 1.47.